The van der Waals surface area contributed by atoms with Gasteiger partial charge in [-0.25, -0.2) is 17.8 Å². The molecule has 0 aromatic heterocycles. The average molecular weight is 777 g/mol. The fourth-order valence-corrected chi connectivity index (χ4v) is 9.07. The number of fused-ring (bicyclic) bond motifs is 1. The van der Waals surface area contributed by atoms with Crippen molar-refractivity contribution in [2.45, 2.75) is 63.0 Å². The fourth-order valence-electron chi connectivity index (χ4n) is 6.12. The Labute approximate surface area is 311 Å². The highest BCUT2D eigenvalue weighted by Crippen LogP contribution is 2.48. The minimum Gasteiger partial charge on any atom is -0.497 e. The van der Waals surface area contributed by atoms with E-state index >= 15 is 0 Å². The van der Waals surface area contributed by atoms with Crippen molar-refractivity contribution in [3.8, 4) is 17.2 Å². The second-order valence-corrected chi connectivity index (χ2v) is 17.1. The number of rotatable bonds is 19. The van der Waals surface area contributed by atoms with Crippen LogP contribution in [0.15, 0.2) is 83.8 Å². The smallest absolute Gasteiger partial charge is 0.416 e. The fraction of sp³-hybridized carbons (Fsp3) is 0.486. The van der Waals surface area contributed by atoms with Gasteiger partial charge >= 0.3 is 13.7 Å². The van der Waals surface area contributed by atoms with E-state index in [4.69, 9.17) is 32.7 Å². The van der Waals surface area contributed by atoms with Crippen molar-refractivity contribution in [3.05, 3.63) is 84.4 Å². The van der Waals surface area contributed by atoms with E-state index < -0.39 is 48.3 Å². The number of para-hydroxylation sites is 1. The number of aliphatic hydroxyl groups is 1. The van der Waals surface area contributed by atoms with Crippen LogP contribution in [0.3, 0.4) is 0 Å². The SMILES string of the molecule is CCOP(=O)(COc1ccc(C[C@H](NC(=O)O[C@H]2CO[C@H]3OCC[C@H]32)[C@H](O)CN(CC(C)C)S(=O)(=O)c2ccc(OC)cc2)cc1)Oc1ccccc1. The lowest BCUT2D eigenvalue weighted by atomic mass is 10.0. The van der Waals surface area contributed by atoms with Crippen LogP contribution < -0.4 is 19.3 Å². The summed E-state index contributed by atoms with van der Waals surface area (Å²) in [6.07, 6.45) is -2.60. The normalized spacial score (nSPS) is 20.7. The van der Waals surface area contributed by atoms with Crippen LogP contribution in [0, 0.1) is 11.8 Å². The van der Waals surface area contributed by atoms with Gasteiger partial charge in [0, 0.05) is 13.1 Å². The molecule has 0 radical (unpaired) electrons. The summed E-state index contributed by atoms with van der Waals surface area (Å²) in [7, 11) is -6.20. The number of benzene rings is 3. The lowest BCUT2D eigenvalue weighted by molar-refractivity contribution is -0.0907. The van der Waals surface area contributed by atoms with Gasteiger partial charge in [-0.2, -0.15) is 4.31 Å². The second kappa shape index (κ2) is 18.6. The van der Waals surface area contributed by atoms with Gasteiger partial charge in [-0.3, -0.25) is 4.52 Å². The number of hydrogen-bond acceptors (Lipinski definition) is 12. The van der Waals surface area contributed by atoms with Crippen LogP contribution in [0.1, 0.15) is 32.8 Å². The van der Waals surface area contributed by atoms with Crippen molar-refractivity contribution in [2.75, 3.05) is 46.4 Å². The van der Waals surface area contributed by atoms with Crippen LogP contribution >= 0.6 is 7.60 Å². The quantitative estimate of drug-likeness (QED) is 0.148. The van der Waals surface area contributed by atoms with Gasteiger partial charge in [0.1, 0.15) is 23.4 Å². The number of amides is 1. The Bertz CT molecular complexity index is 1760. The van der Waals surface area contributed by atoms with Gasteiger partial charge in [0.05, 0.1) is 49.9 Å². The summed E-state index contributed by atoms with van der Waals surface area (Å²) in [5.41, 5.74) is 0.692. The predicted octanol–water partition coefficient (Wildman–Crippen LogP) is 5.45. The summed E-state index contributed by atoms with van der Waals surface area (Å²) >= 11 is 0. The van der Waals surface area contributed by atoms with E-state index in [0.717, 1.165) is 0 Å². The van der Waals surface area contributed by atoms with Gasteiger partial charge in [-0.1, -0.05) is 44.2 Å². The summed E-state index contributed by atoms with van der Waals surface area (Å²) < 4.78 is 81.2. The summed E-state index contributed by atoms with van der Waals surface area (Å²) in [4.78, 5) is 13.3. The van der Waals surface area contributed by atoms with Gasteiger partial charge < -0.3 is 38.6 Å². The van der Waals surface area contributed by atoms with Crippen molar-refractivity contribution in [3.63, 3.8) is 0 Å². The van der Waals surface area contributed by atoms with Crippen LogP contribution in [0.4, 0.5) is 4.79 Å². The number of aliphatic hydroxyl groups excluding tert-OH is 1. The Morgan fingerprint density at radius 2 is 1.68 bits per heavy atom. The topological polar surface area (TPSA) is 168 Å². The maximum absolute atomic E-state index is 13.8. The van der Waals surface area contributed by atoms with Gasteiger partial charge in [-0.05, 0) is 79.8 Å². The number of alkyl carbamates (subject to hydrolysis) is 1. The monoisotopic (exact) mass is 776 g/mol. The Hall–Kier alpha value is -3.69. The highest BCUT2D eigenvalue weighted by Gasteiger charge is 2.44. The molecule has 1 unspecified atom stereocenters. The van der Waals surface area contributed by atoms with Crippen LogP contribution in [-0.2, 0) is 39.7 Å². The molecule has 2 heterocycles. The number of carbonyl (C=O) groups excluding carboxylic acids is 1. The highest BCUT2D eigenvalue weighted by molar-refractivity contribution is 7.89. The number of hydrogen-bond donors (Lipinski definition) is 2. The van der Waals surface area contributed by atoms with Crippen LogP contribution in [0.2, 0.25) is 0 Å². The van der Waals surface area contributed by atoms with E-state index in [1.165, 1.54) is 23.5 Å². The van der Waals surface area contributed by atoms with Crippen molar-refractivity contribution in [1.82, 2.24) is 9.62 Å². The van der Waals surface area contributed by atoms with E-state index in [2.05, 4.69) is 5.32 Å². The number of nitrogens with one attached hydrogen (secondary N) is 1. The lowest BCUT2D eigenvalue weighted by Crippen LogP contribution is -2.51. The third-order valence-corrected chi connectivity index (χ3v) is 12.2. The molecule has 0 spiro atoms. The number of sulfonamides is 1. The lowest BCUT2D eigenvalue weighted by Gasteiger charge is -2.31. The first kappa shape index (κ1) is 40.5. The molecule has 2 saturated heterocycles. The first-order chi connectivity index (χ1) is 25.4. The molecule has 0 bridgehead atoms. The van der Waals surface area contributed by atoms with E-state index in [1.54, 1.807) is 67.6 Å². The molecule has 14 nitrogen and oxygen atoms in total. The summed E-state index contributed by atoms with van der Waals surface area (Å²) in [6.45, 7) is 6.14. The summed E-state index contributed by atoms with van der Waals surface area (Å²) in [5, 5.41) is 14.5. The van der Waals surface area contributed by atoms with Crippen molar-refractivity contribution >= 4 is 23.7 Å². The molecule has 2 fully saturated rings. The van der Waals surface area contributed by atoms with E-state index in [-0.39, 0.29) is 55.8 Å². The third kappa shape index (κ3) is 11.2. The molecular formula is C37H49N2O12PS. The molecule has 6 atom stereocenters. The standard InChI is InChI=1S/C37H49N2O12PS/c1-5-49-52(42,51-30-9-7-6-8-10-30)25-48-29-13-11-27(12-14-29)21-33(38-37(41)50-35-24-47-36-32(35)19-20-46-36)34(40)23-39(22-26(2)3)53(43,44)31-17-15-28(45-4)16-18-31/h6-18,26,32-36,40H,5,19-25H2,1-4H3,(H,38,41)/t32-,33-,34+,35-,36+,52?/m0/s1. The molecule has 1 amide bonds. The molecule has 5 rings (SSSR count). The third-order valence-electron chi connectivity index (χ3n) is 8.75. The number of ether oxygens (including phenoxy) is 5. The van der Waals surface area contributed by atoms with E-state index in [9.17, 15) is 22.9 Å². The Kier molecular flexibility index (Phi) is 14.2. The van der Waals surface area contributed by atoms with Gasteiger partial charge in [-0.15, -0.1) is 0 Å². The summed E-state index contributed by atoms with van der Waals surface area (Å²) in [6, 6.07) is 20.5. The number of methoxy groups -OCH3 is 1. The maximum Gasteiger partial charge on any atom is 0.416 e. The number of nitrogens with zero attached hydrogens (tertiary/aromatic N) is 1. The molecule has 53 heavy (non-hydrogen) atoms. The first-order valence-corrected chi connectivity index (χ1v) is 20.8. The zero-order valence-electron chi connectivity index (χ0n) is 30.4. The van der Waals surface area contributed by atoms with Crippen molar-refractivity contribution < 1.29 is 55.6 Å². The molecule has 290 valence electrons. The van der Waals surface area contributed by atoms with E-state index in [0.29, 0.717) is 35.8 Å². The highest BCUT2D eigenvalue weighted by atomic mass is 32.2. The average Bonchev–Trinajstić information content (AvgIpc) is 3.76. The zero-order chi connectivity index (χ0) is 38.0. The minimum atomic E-state index is -4.04. The van der Waals surface area contributed by atoms with Gasteiger partial charge in [0.15, 0.2) is 6.29 Å². The molecule has 3 aromatic carbocycles. The summed E-state index contributed by atoms with van der Waals surface area (Å²) in [5.74, 6) is 1.12. The molecular weight excluding hydrogens is 727 g/mol. The molecule has 2 aliphatic heterocycles. The molecule has 2 N–H and O–H groups in total. The minimum absolute atomic E-state index is 0.0447. The van der Waals surface area contributed by atoms with Crippen molar-refractivity contribution in [2.24, 2.45) is 11.8 Å². The molecule has 0 saturated carbocycles. The van der Waals surface area contributed by atoms with Crippen molar-refractivity contribution in [1.29, 1.82) is 0 Å². The predicted molar refractivity (Wildman–Crippen MR) is 196 cm³/mol. The van der Waals surface area contributed by atoms with Crippen LogP contribution in [0.25, 0.3) is 0 Å². The Morgan fingerprint density at radius 1 is 0.981 bits per heavy atom. The largest absolute Gasteiger partial charge is 0.497 e. The molecule has 16 heteroatoms. The molecule has 2 aliphatic rings. The molecule has 3 aromatic rings. The van der Waals surface area contributed by atoms with Crippen LogP contribution in [0.5, 0.6) is 17.2 Å². The second-order valence-electron chi connectivity index (χ2n) is 13.2. The zero-order valence-corrected chi connectivity index (χ0v) is 32.1. The Morgan fingerprint density at radius 3 is 2.34 bits per heavy atom. The van der Waals surface area contributed by atoms with Crippen LogP contribution in [-0.4, -0.2) is 94.8 Å². The van der Waals surface area contributed by atoms with Gasteiger partial charge in [0.2, 0.25) is 16.4 Å². The Balaban J connectivity index is 1.31. The number of carbonyl (C=O) groups is 1. The van der Waals surface area contributed by atoms with Gasteiger partial charge in [0.25, 0.3) is 0 Å². The maximum atomic E-state index is 13.8. The molecule has 0 aliphatic carbocycles. The van der Waals surface area contributed by atoms with E-state index in [1.807, 2.05) is 19.9 Å². The first-order valence-electron chi connectivity index (χ1n) is 17.6.